The molecule has 22 heavy (non-hydrogen) atoms. The maximum Gasteiger partial charge on any atom is 0.328 e. The molecule has 2 N–H and O–H groups in total. The maximum absolute atomic E-state index is 11.9. The summed E-state index contributed by atoms with van der Waals surface area (Å²) in [5.41, 5.74) is 5.49. The number of allylic oxidation sites excluding steroid dienone is 1. The summed E-state index contributed by atoms with van der Waals surface area (Å²) in [7, 11) is 1.28. The number of methoxy groups -OCH3 is 1. The Kier molecular flexibility index (Phi) is 6.84. The van der Waals surface area contributed by atoms with Crippen LogP contribution < -0.4 is 5.73 Å². The van der Waals surface area contributed by atoms with Gasteiger partial charge in [-0.1, -0.05) is 31.0 Å². The summed E-state index contributed by atoms with van der Waals surface area (Å²) >= 11 is 5.48. The van der Waals surface area contributed by atoms with Gasteiger partial charge in [0, 0.05) is 6.54 Å². The summed E-state index contributed by atoms with van der Waals surface area (Å²) in [6.45, 7) is 3.75. The van der Waals surface area contributed by atoms with Gasteiger partial charge in [-0.2, -0.15) is 0 Å². The third-order valence-corrected chi connectivity index (χ3v) is 3.42. The number of nitrogens with two attached hydrogens (primary N) is 1. The summed E-state index contributed by atoms with van der Waals surface area (Å²) in [6, 6.07) is -0.643. The maximum atomic E-state index is 11.9. The molecule has 0 radical (unpaired) electrons. The first-order valence-corrected chi connectivity index (χ1v) is 7.13. The largest absolute Gasteiger partial charge is 0.467 e. The van der Waals surface area contributed by atoms with Gasteiger partial charge >= 0.3 is 11.7 Å². The number of hydrogen-bond donors (Lipinski definition) is 1. The molecule has 1 rings (SSSR count). The first-order chi connectivity index (χ1) is 10.4. The Morgan fingerprint density at radius 2 is 2.23 bits per heavy atom. The third kappa shape index (κ3) is 4.73. The van der Waals surface area contributed by atoms with Crippen molar-refractivity contribution < 1.29 is 14.5 Å². The van der Waals surface area contributed by atoms with Crippen LogP contribution in [-0.4, -0.2) is 41.7 Å². The highest BCUT2D eigenvalue weighted by Crippen LogP contribution is 2.21. The van der Waals surface area contributed by atoms with Crippen molar-refractivity contribution in [2.24, 2.45) is 10.7 Å². The highest BCUT2D eigenvalue weighted by Gasteiger charge is 2.32. The average molecular weight is 331 g/mol. The quantitative estimate of drug-likeness (QED) is 0.269. The summed E-state index contributed by atoms with van der Waals surface area (Å²) in [4.78, 5) is 27.5. The number of likely N-dealkylation sites (tertiary alicyclic amines) is 1. The van der Waals surface area contributed by atoms with Crippen molar-refractivity contribution in [3.63, 3.8) is 0 Å². The molecule has 1 aliphatic rings. The van der Waals surface area contributed by atoms with Gasteiger partial charge in [0.05, 0.1) is 12.0 Å². The Bertz CT molecular complexity index is 518. The normalized spacial score (nSPS) is 20.3. The van der Waals surface area contributed by atoms with Crippen molar-refractivity contribution in [2.75, 3.05) is 13.7 Å². The van der Waals surface area contributed by atoms with Crippen LogP contribution in [0.15, 0.2) is 28.2 Å². The van der Waals surface area contributed by atoms with Gasteiger partial charge in [-0.25, -0.2) is 9.79 Å². The van der Waals surface area contributed by atoms with Gasteiger partial charge in [0.25, 0.3) is 0 Å². The number of hydrogen-bond acceptors (Lipinski definition) is 7. The molecule has 0 aromatic rings. The van der Waals surface area contributed by atoms with Gasteiger partial charge < -0.3 is 15.4 Å². The van der Waals surface area contributed by atoms with Gasteiger partial charge in [-0.3, -0.25) is 10.1 Å². The molecular formula is C13H19ClN4O4. The second-order valence-electron chi connectivity index (χ2n) is 4.74. The summed E-state index contributed by atoms with van der Waals surface area (Å²) in [6.07, 6.45) is 3.97. The minimum Gasteiger partial charge on any atom is -0.467 e. The van der Waals surface area contributed by atoms with E-state index in [4.69, 9.17) is 22.1 Å². The van der Waals surface area contributed by atoms with Crippen LogP contribution in [0.5, 0.6) is 0 Å². The number of aliphatic imine (C=N–C) groups is 1. The van der Waals surface area contributed by atoms with E-state index < -0.39 is 22.6 Å². The summed E-state index contributed by atoms with van der Waals surface area (Å²) < 4.78 is 4.77. The van der Waals surface area contributed by atoms with E-state index in [2.05, 4.69) is 11.6 Å². The number of carbonyl (C=O) groups excluding carboxylic acids is 1. The van der Waals surface area contributed by atoms with Crippen molar-refractivity contribution in [1.29, 1.82) is 0 Å². The van der Waals surface area contributed by atoms with Crippen molar-refractivity contribution in [1.82, 2.24) is 4.90 Å². The Hall–Kier alpha value is -2.09. The number of ether oxygens (including phenoxy) is 1. The van der Waals surface area contributed by atoms with Gasteiger partial charge in [0.15, 0.2) is 5.82 Å². The number of nitrogens with zero attached hydrogens (tertiary/aromatic N) is 3. The van der Waals surface area contributed by atoms with E-state index in [1.165, 1.54) is 12.0 Å². The lowest BCUT2D eigenvalue weighted by atomic mass is 10.1. The first kappa shape index (κ1) is 18.0. The molecule has 1 unspecified atom stereocenters. The van der Waals surface area contributed by atoms with E-state index in [1.54, 1.807) is 0 Å². The molecule has 0 aromatic heterocycles. The lowest BCUT2D eigenvalue weighted by Gasteiger charge is -2.29. The molecule has 0 saturated carbocycles. The zero-order valence-electron chi connectivity index (χ0n) is 12.3. The summed E-state index contributed by atoms with van der Waals surface area (Å²) in [5, 5.41) is 11.1. The van der Waals surface area contributed by atoms with Crippen LogP contribution >= 0.6 is 11.6 Å². The van der Waals surface area contributed by atoms with E-state index in [-0.39, 0.29) is 11.0 Å². The van der Waals surface area contributed by atoms with Crippen LogP contribution in [0.2, 0.25) is 0 Å². The molecular weight excluding hydrogens is 312 g/mol. The molecule has 9 heteroatoms. The van der Waals surface area contributed by atoms with E-state index in [1.807, 2.05) is 0 Å². The molecule has 0 aliphatic carbocycles. The molecule has 8 nitrogen and oxygen atoms in total. The Balaban J connectivity index is 3.22. The molecule has 0 amide bonds. The van der Waals surface area contributed by atoms with Crippen LogP contribution in [-0.2, 0) is 9.53 Å². The number of esters is 1. The van der Waals surface area contributed by atoms with Gasteiger partial charge in [0.2, 0.25) is 0 Å². The number of rotatable bonds is 5. The minimum atomic E-state index is -0.669. The molecule has 122 valence electrons. The van der Waals surface area contributed by atoms with Crippen molar-refractivity contribution in [3.05, 3.63) is 33.4 Å². The zero-order chi connectivity index (χ0) is 16.7. The van der Waals surface area contributed by atoms with Crippen molar-refractivity contribution in [2.45, 2.75) is 31.7 Å². The van der Waals surface area contributed by atoms with Gasteiger partial charge in [-0.15, -0.1) is 0 Å². The fraction of sp³-hybridized carbons (Fsp3) is 0.538. The lowest BCUT2D eigenvalue weighted by Crippen LogP contribution is -2.44. The molecule has 0 aromatic carbocycles. The van der Waals surface area contributed by atoms with Crippen LogP contribution in [0.1, 0.15) is 25.7 Å². The van der Waals surface area contributed by atoms with E-state index in [9.17, 15) is 14.9 Å². The van der Waals surface area contributed by atoms with E-state index >= 15 is 0 Å². The molecule has 1 fully saturated rings. The second-order valence-corrected chi connectivity index (χ2v) is 5.18. The SMILES string of the molecule is C=C(Cl)/N=C\C(=C(/N)N1CCCCCC1C(=O)OC)[N+](=O)[O-]. The third-order valence-electron chi connectivity index (χ3n) is 3.32. The molecule has 1 saturated heterocycles. The smallest absolute Gasteiger partial charge is 0.328 e. The van der Waals surface area contributed by atoms with E-state index in [0.29, 0.717) is 13.0 Å². The monoisotopic (exact) mass is 330 g/mol. The number of halogens is 1. The van der Waals surface area contributed by atoms with Crippen LogP contribution in [0, 0.1) is 10.1 Å². The minimum absolute atomic E-state index is 0.104. The lowest BCUT2D eigenvalue weighted by molar-refractivity contribution is -0.416. The first-order valence-electron chi connectivity index (χ1n) is 6.75. The Morgan fingerprint density at radius 1 is 1.55 bits per heavy atom. The molecule has 1 atom stereocenters. The van der Waals surface area contributed by atoms with Crippen LogP contribution in [0.3, 0.4) is 0 Å². The topological polar surface area (TPSA) is 111 Å². The number of nitro groups is 1. The van der Waals surface area contributed by atoms with Gasteiger partial charge in [0.1, 0.15) is 17.4 Å². The number of carbonyl (C=O) groups is 1. The highest BCUT2D eigenvalue weighted by atomic mass is 35.5. The fourth-order valence-corrected chi connectivity index (χ4v) is 2.31. The van der Waals surface area contributed by atoms with Crippen molar-refractivity contribution >= 4 is 23.8 Å². The van der Waals surface area contributed by atoms with Crippen LogP contribution in [0.25, 0.3) is 0 Å². The van der Waals surface area contributed by atoms with Gasteiger partial charge in [-0.05, 0) is 12.8 Å². The van der Waals surface area contributed by atoms with E-state index in [0.717, 1.165) is 25.5 Å². The average Bonchev–Trinajstić information content (AvgIpc) is 2.71. The Morgan fingerprint density at radius 3 is 2.77 bits per heavy atom. The predicted octanol–water partition coefficient (Wildman–Crippen LogP) is 1.59. The highest BCUT2D eigenvalue weighted by molar-refractivity contribution is 6.29. The second kappa shape index (κ2) is 8.38. The molecule has 1 aliphatic heterocycles. The molecule has 0 spiro atoms. The van der Waals surface area contributed by atoms with Crippen molar-refractivity contribution in [3.8, 4) is 0 Å². The standard InChI is InChI=1S/C13H19ClN4O4/c1-9(14)16-8-11(18(20)21)12(15)17-7-5-3-4-6-10(17)13(19)22-2/h8,10H,1,3-7,15H2,2H3/b12-11-,16-8-. The fourth-order valence-electron chi connectivity index (χ4n) is 2.26. The van der Waals surface area contributed by atoms with Crippen LogP contribution in [0.4, 0.5) is 0 Å². The molecule has 0 bridgehead atoms. The summed E-state index contributed by atoms with van der Waals surface area (Å²) in [5.74, 6) is -0.602. The zero-order valence-corrected chi connectivity index (χ0v) is 13.1. The predicted molar refractivity (Wildman–Crippen MR) is 82.7 cm³/mol. The molecule has 1 heterocycles. The Labute approximate surface area is 133 Å².